The summed E-state index contributed by atoms with van der Waals surface area (Å²) in [7, 11) is 0. The van der Waals surface area contributed by atoms with Crippen LogP contribution in [0.4, 0.5) is 5.69 Å². The maximum Gasteiger partial charge on any atom is 0.246 e. The second kappa shape index (κ2) is 8.02. The number of rotatable bonds is 6. The van der Waals surface area contributed by atoms with Crippen LogP contribution in [0.1, 0.15) is 41.7 Å². The topological polar surface area (TPSA) is 54.3 Å². The number of carbonyl (C=O) groups is 1. The van der Waals surface area contributed by atoms with Gasteiger partial charge in [-0.15, -0.1) is 0 Å². The summed E-state index contributed by atoms with van der Waals surface area (Å²) in [6.45, 7) is 5.93. The van der Waals surface area contributed by atoms with Gasteiger partial charge in [-0.1, -0.05) is 48.0 Å². The molecule has 0 aliphatic rings. The van der Waals surface area contributed by atoms with Crippen LogP contribution in [0.5, 0.6) is 0 Å². The molecule has 0 fully saturated rings. The molecular formula is C22H24N2O2. The summed E-state index contributed by atoms with van der Waals surface area (Å²) in [6, 6.07) is 20.8. The fourth-order valence-corrected chi connectivity index (χ4v) is 2.84. The Labute approximate surface area is 154 Å². The molecule has 4 nitrogen and oxygen atoms in total. The summed E-state index contributed by atoms with van der Waals surface area (Å²) >= 11 is 0. The Hall–Kier alpha value is -2.85. The molecule has 0 saturated heterocycles. The molecule has 2 aromatic carbocycles. The first kappa shape index (κ1) is 18.0. The molecule has 4 heteroatoms. The summed E-state index contributed by atoms with van der Waals surface area (Å²) in [5.74, 6) is 1.57. The number of anilines is 1. The van der Waals surface area contributed by atoms with E-state index in [2.05, 4.69) is 10.6 Å². The van der Waals surface area contributed by atoms with Gasteiger partial charge in [-0.3, -0.25) is 10.1 Å². The molecule has 0 spiro atoms. The molecule has 0 aliphatic carbocycles. The lowest BCUT2D eigenvalue weighted by atomic mass is 10.0. The van der Waals surface area contributed by atoms with Gasteiger partial charge < -0.3 is 9.73 Å². The average Bonchev–Trinajstić information content (AvgIpc) is 3.08. The van der Waals surface area contributed by atoms with Crippen molar-refractivity contribution in [3.8, 4) is 0 Å². The Morgan fingerprint density at radius 1 is 0.923 bits per heavy atom. The molecule has 1 aromatic heterocycles. The Morgan fingerprint density at radius 2 is 1.62 bits per heavy atom. The minimum atomic E-state index is -0.488. The van der Waals surface area contributed by atoms with Crippen molar-refractivity contribution < 1.29 is 9.21 Å². The number of nitrogens with one attached hydrogen (secondary N) is 2. The number of hydrogen-bond acceptors (Lipinski definition) is 3. The molecule has 3 rings (SSSR count). The van der Waals surface area contributed by atoms with Gasteiger partial charge in [-0.05, 0) is 50.6 Å². The fraction of sp³-hybridized carbons (Fsp3) is 0.227. The monoisotopic (exact) mass is 348 g/mol. The predicted molar refractivity (Wildman–Crippen MR) is 104 cm³/mol. The SMILES string of the molecule is Cc1ccc(NC(=O)C(NC(C)c2ccc(C)o2)c2ccccc2)cc1. The van der Waals surface area contributed by atoms with E-state index in [1.807, 2.05) is 87.5 Å². The van der Waals surface area contributed by atoms with E-state index in [-0.39, 0.29) is 11.9 Å². The molecule has 1 heterocycles. The van der Waals surface area contributed by atoms with Crippen LogP contribution < -0.4 is 10.6 Å². The van der Waals surface area contributed by atoms with Crippen LogP contribution >= 0.6 is 0 Å². The van der Waals surface area contributed by atoms with Crippen molar-refractivity contribution in [3.63, 3.8) is 0 Å². The number of carbonyl (C=O) groups excluding carboxylic acids is 1. The molecule has 0 aliphatic heterocycles. The van der Waals surface area contributed by atoms with E-state index >= 15 is 0 Å². The second-order valence-electron chi connectivity index (χ2n) is 6.54. The maximum atomic E-state index is 13.0. The molecular weight excluding hydrogens is 324 g/mol. The van der Waals surface area contributed by atoms with Crippen LogP contribution in [0.2, 0.25) is 0 Å². The number of hydrogen-bond donors (Lipinski definition) is 2. The molecule has 3 aromatic rings. The highest BCUT2D eigenvalue weighted by Crippen LogP contribution is 2.23. The summed E-state index contributed by atoms with van der Waals surface area (Å²) in [4.78, 5) is 13.0. The van der Waals surface area contributed by atoms with Crippen molar-refractivity contribution in [2.24, 2.45) is 0 Å². The van der Waals surface area contributed by atoms with Gasteiger partial charge in [0, 0.05) is 5.69 Å². The average molecular weight is 348 g/mol. The summed E-state index contributed by atoms with van der Waals surface area (Å²) in [6.07, 6.45) is 0. The highest BCUT2D eigenvalue weighted by atomic mass is 16.3. The van der Waals surface area contributed by atoms with Gasteiger partial charge >= 0.3 is 0 Å². The highest BCUT2D eigenvalue weighted by molar-refractivity contribution is 5.95. The van der Waals surface area contributed by atoms with Crippen molar-refractivity contribution in [1.29, 1.82) is 0 Å². The smallest absolute Gasteiger partial charge is 0.246 e. The third-order valence-electron chi connectivity index (χ3n) is 4.32. The maximum absolute atomic E-state index is 13.0. The third kappa shape index (κ3) is 4.41. The van der Waals surface area contributed by atoms with Gasteiger partial charge in [-0.2, -0.15) is 0 Å². The second-order valence-corrected chi connectivity index (χ2v) is 6.54. The zero-order valence-corrected chi connectivity index (χ0v) is 15.3. The lowest BCUT2D eigenvalue weighted by molar-refractivity contribution is -0.118. The zero-order valence-electron chi connectivity index (χ0n) is 15.3. The van der Waals surface area contributed by atoms with Crippen LogP contribution in [0.3, 0.4) is 0 Å². The molecule has 2 N–H and O–H groups in total. The molecule has 0 saturated carbocycles. The highest BCUT2D eigenvalue weighted by Gasteiger charge is 2.24. The lowest BCUT2D eigenvalue weighted by Crippen LogP contribution is -2.34. The first-order chi connectivity index (χ1) is 12.5. The molecule has 134 valence electrons. The zero-order chi connectivity index (χ0) is 18.5. The number of furan rings is 1. The molecule has 2 atom stereocenters. The fourth-order valence-electron chi connectivity index (χ4n) is 2.84. The van der Waals surface area contributed by atoms with Crippen molar-refractivity contribution in [2.75, 3.05) is 5.32 Å². The third-order valence-corrected chi connectivity index (χ3v) is 4.32. The predicted octanol–water partition coefficient (Wildman–Crippen LogP) is 4.93. The number of benzene rings is 2. The quantitative estimate of drug-likeness (QED) is 0.664. The molecule has 26 heavy (non-hydrogen) atoms. The van der Waals surface area contributed by atoms with Crippen molar-refractivity contribution in [3.05, 3.63) is 89.4 Å². The van der Waals surface area contributed by atoms with Crippen LogP contribution in [-0.2, 0) is 4.79 Å². The minimum absolute atomic E-state index is 0.0994. The number of aryl methyl sites for hydroxylation is 2. The van der Waals surface area contributed by atoms with Crippen molar-refractivity contribution >= 4 is 11.6 Å². The van der Waals surface area contributed by atoms with Crippen LogP contribution in [0.15, 0.2) is 71.1 Å². The van der Waals surface area contributed by atoms with E-state index < -0.39 is 6.04 Å². The van der Waals surface area contributed by atoms with E-state index in [4.69, 9.17) is 4.42 Å². The molecule has 0 bridgehead atoms. The molecule has 2 unspecified atom stereocenters. The first-order valence-electron chi connectivity index (χ1n) is 8.78. The van der Waals surface area contributed by atoms with Gasteiger partial charge in [0.25, 0.3) is 0 Å². The Kier molecular flexibility index (Phi) is 5.54. The molecule has 1 amide bonds. The van der Waals surface area contributed by atoms with Gasteiger partial charge in [0.2, 0.25) is 5.91 Å². The van der Waals surface area contributed by atoms with Gasteiger partial charge in [0.1, 0.15) is 17.6 Å². The Morgan fingerprint density at radius 3 is 2.23 bits per heavy atom. The molecule has 0 radical (unpaired) electrons. The summed E-state index contributed by atoms with van der Waals surface area (Å²) in [5, 5.41) is 6.39. The minimum Gasteiger partial charge on any atom is -0.465 e. The van der Waals surface area contributed by atoms with E-state index in [0.717, 1.165) is 28.3 Å². The summed E-state index contributed by atoms with van der Waals surface area (Å²) in [5.41, 5.74) is 2.85. The lowest BCUT2D eigenvalue weighted by Gasteiger charge is -2.22. The van der Waals surface area contributed by atoms with E-state index in [1.54, 1.807) is 0 Å². The Bertz CT molecular complexity index is 853. The van der Waals surface area contributed by atoms with E-state index in [9.17, 15) is 4.79 Å². The Balaban J connectivity index is 1.81. The van der Waals surface area contributed by atoms with Crippen molar-refractivity contribution in [1.82, 2.24) is 5.32 Å². The van der Waals surface area contributed by atoms with Crippen LogP contribution in [0, 0.1) is 13.8 Å². The summed E-state index contributed by atoms with van der Waals surface area (Å²) < 4.78 is 5.70. The van der Waals surface area contributed by atoms with E-state index in [1.165, 1.54) is 0 Å². The van der Waals surface area contributed by atoms with Gasteiger partial charge in [0.05, 0.1) is 6.04 Å². The van der Waals surface area contributed by atoms with Crippen LogP contribution in [-0.4, -0.2) is 5.91 Å². The van der Waals surface area contributed by atoms with Crippen LogP contribution in [0.25, 0.3) is 0 Å². The van der Waals surface area contributed by atoms with Gasteiger partial charge in [0.15, 0.2) is 0 Å². The van der Waals surface area contributed by atoms with E-state index in [0.29, 0.717) is 0 Å². The van der Waals surface area contributed by atoms with Crippen molar-refractivity contribution in [2.45, 2.75) is 32.9 Å². The standard InChI is InChI=1S/C22H24N2O2/c1-15-9-12-19(13-10-15)24-22(25)21(18-7-5-4-6-8-18)23-17(3)20-14-11-16(2)26-20/h4-14,17,21,23H,1-3H3,(H,24,25). The first-order valence-corrected chi connectivity index (χ1v) is 8.78. The number of amides is 1. The van der Waals surface area contributed by atoms with Gasteiger partial charge in [-0.25, -0.2) is 0 Å². The largest absolute Gasteiger partial charge is 0.465 e. The normalized spacial score (nSPS) is 13.2.